The molecule has 0 aliphatic heterocycles. The smallest absolute Gasteiger partial charge is 0.173 e. The third-order valence-electron chi connectivity index (χ3n) is 8.97. The Labute approximate surface area is 263 Å². The van der Waals surface area contributed by atoms with Crippen LogP contribution in [0, 0.1) is 11.8 Å². The lowest BCUT2D eigenvalue weighted by atomic mass is 9.54. The van der Waals surface area contributed by atoms with Crippen molar-refractivity contribution in [3.63, 3.8) is 0 Å². The molecule has 1 aliphatic rings. The van der Waals surface area contributed by atoms with Gasteiger partial charge in [0.15, 0.2) is 17.3 Å². The van der Waals surface area contributed by atoms with Gasteiger partial charge in [-0.25, -0.2) is 0 Å². The summed E-state index contributed by atoms with van der Waals surface area (Å²) in [6.45, 7) is 0. The Morgan fingerprint density at radius 3 is 1.38 bits per heavy atom. The number of rotatable bonds is 9. The van der Waals surface area contributed by atoms with E-state index < -0.39 is 29.6 Å². The lowest BCUT2D eigenvalue weighted by Gasteiger charge is -2.46. The lowest BCUT2D eigenvalue weighted by Crippen LogP contribution is -2.49. The van der Waals surface area contributed by atoms with Gasteiger partial charge in [0.2, 0.25) is 0 Å². The van der Waals surface area contributed by atoms with Crippen molar-refractivity contribution in [2.45, 2.75) is 17.8 Å². The fourth-order valence-corrected chi connectivity index (χ4v) is 6.86. The van der Waals surface area contributed by atoms with E-state index in [-0.39, 0.29) is 17.3 Å². The van der Waals surface area contributed by atoms with Crippen LogP contribution in [0.4, 0.5) is 0 Å². The Hall–Kier alpha value is -5.29. The number of benzene rings is 5. The Morgan fingerprint density at radius 2 is 0.911 bits per heavy atom. The number of ketones is 3. The van der Waals surface area contributed by atoms with Crippen LogP contribution in [0.15, 0.2) is 140 Å². The van der Waals surface area contributed by atoms with Crippen LogP contribution in [-0.4, -0.2) is 31.6 Å². The molecule has 5 aromatic rings. The second kappa shape index (κ2) is 13.1. The number of Topliss-reactive ketones (excluding diaryl/α,β-unsaturated/α-hetero) is 3. The first kappa shape index (κ1) is 29.8. The number of hydrogen-bond acceptors (Lipinski definition) is 5. The highest BCUT2D eigenvalue weighted by molar-refractivity contribution is 6.15. The molecule has 6 rings (SSSR count). The Morgan fingerprint density at radius 1 is 0.489 bits per heavy atom. The zero-order chi connectivity index (χ0) is 31.3. The van der Waals surface area contributed by atoms with E-state index in [9.17, 15) is 9.59 Å². The number of ether oxygens (including phenoxy) is 2. The second-order valence-corrected chi connectivity index (χ2v) is 11.4. The number of carbonyl (C=O) groups excluding carboxylic acids is 3. The maximum absolute atomic E-state index is 15.1. The molecule has 0 spiro atoms. The maximum Gasteiger partial charge on any atom is 0.173 e. The quantitative estimate of drug-likeness (QED) is 0.128. The minimum Gasteiger partial charge on any atom is -0.497 e. The summed E-state index contributed by atoms with van der Waals surface area (Å²) in [4.78, 5) is 44.6. The molecule has 0 amide bonds. The summed E-state index contributed by atoms with van der Waals surface area (Å²) in [5.41, 5.74) is 3.31. The number of hydrogen-bond donors (Lipinski definition) is 0. The highest BCUT2D eigenvalue weighted by Crippen LogP contribution is 2.55. The maximum atomic E-state index is 15.1. The van der Waals surface area contributed by atoms with Gasteiger partial charge < -0.3 is 9.47 Å². The van der Waals surface area contributed by atoms with Crippen LogP contribution in [0.3, 0.4) is 0 Å². The largest absolute Gasteiger partial charge is 0.497 e. The van der Waals surface area contributed by atoms with Crippen molar-refractivity contribution in [3.8, 4) is 11.5 Å². The predicted molar refractivity (Wildman–Crippen MR) is 174 cm³/mol. The van der Waals surface area contributed by atoms with E-state index in [0.29, 0.717) is 22.6 Å². The summed E-state index contributed by atoms with van der Waals surface area (Å²) in [5, 5.41) is 0. The van der Waals surface area contributed by atoms with Gasteiger partial charge in [0.25, 0.3) is 0 Å². The first-order valence-corrected chi connectivity index (χ1v) is 15.1. The highest BCUT2D eigenvalue weighted by atomic mass is 16.5. The zero-order valence-electron chi connectivity index (χ0n) is 25.2. The summed E-state index contributed by atoms with van der Waals surface area (Å²) >= 11 is 0. The fraction of sp³-hybridized carbons (Fsp3) is 0.175. The lowest BCUT2D eigenvalue weighted by molar-refractivity contribution is -0.127. The van der Waals surface area contributed by atoms with Gasteiger partial charge in [-0.15, -0.1) is 0 Å². The Bertz CT molecular complexity index is 1760. The van der Waals surface area contributed by atoms with Gasteiger partial charge >= 0.3 is 0 Å². The van der Waals surface area contributed by atoms with Gasteiger partial charge in [-0.2, -0.15) is 0 Å². The van der Waals surface area contributed by atoms with Crippen LogP contribution in [0.25, 0.3) is 0 Å². The van der Waals surface area contributed by atoms with Gasteiger partial charge in [0.05, 0.1) is 26.1 Å². The molecule has 0 N–H and O–H groups in total. The summed E-state index contributed by atoms with van der Waals surface area (Å²) in [7, 11) is 3.19. The van der Waals surface area contributed by atoms with E-state index in [0.717, 1.165) is 16.7 Å². The minimum absolute atomic E-state index is 0.114. The first-order chi connectivity index (χ1) is 22.0. The van der Waals surface area contributed by atoms with Crippen molar-refractivity contribution in [1.29, 1.82) is 0 Å². The van der Waals surface area contributed by atoms with Crippen molar-refractivity contribution in [2.24, 2.45) is 11.8 Å². The van der Waals surface area contributed by atoms with Crippen LogP contribution >= 0.6 is 0 Å². The van der Waals surface area contributed by atoms with Crippen LogP contribution in [0.5, 0.6) is 11.5 Å². The molecule has 0 saturated heterocycles. The zero-order valence-corrected chi connectivity index (χ0v) is 25.2. The summed E-state index contributed by atoms with van der Waals surface area (Å²) in [5.74, 6) is -3.19. The van der Waals surface area contributed by atoms with Crippen molar-refractivity contribution in [3.05, 3.63) is 167 Å². The van der Waals surface area contributed by atoms with E-state index in [4.69, 9.17) is 9.47 Å². The SMILES string of the molecule is COc1ccc([C@H]2[C@H](C(=O)c3ccccc3)[C@@H](c3ccc(OC)cc3)C(C(=O)c3ccccc3)C(=O)[C@@H]2c2ccccc2)cc1. The van der Waals surface area contributed by atoms with Crippen molar-refractivity contribution in [1.82, 2.24) is 0 Å². The molecule has 5 heteroatoms. The molecule has 1 unspecified atom stereocenters. The van der Waals surface area contributed by atoms with Gasteiger partial charge in [-0.05, 0) is 41.0 Å². The Balaban J connectivity index is 1.65. The highest BCUT2D eigenvalue weighted by Gasteiger charge is 2.56. The van der Waals surface area contributed by atoms with Crippen molar-refractivity contribution >= 4 is 17.3 Å². The van der Waals surface area contributed by atoms with Crippen LogP contribution in [-0.2, 0) is 4.79 Å². The second-order valence-electron chi connectivity index (χ2n) is 11.4. The molecule has 5 atom stereocenters. The molecule has 0 bridgehead atoms. The van der Waals surface area contributed by atoms with E-state index >= 15 is 4.79 Å². The van der Waals surface area contributed by atoms with Crippen LogP contribution in [0.1, 0.15) is 55.2 Å². The number of carbonyl (C=O) groups is 3. The molecule has 1 saturated carbocycles. The molecule has 224 valence electrons. The standard InChI is InChI=1S/C40H34O5/c1-44-31-22-18-27(19-23-31)33-35(26-12-6-3-7-13-26)40(43)37(39(42)30-16-10-5-11-17-30)34(28-20-24-32(45-2)25-21-28)36(33)38(41)29-14-8-4-9-15-29/h3-25,33-37H,1-2H3/t33-,34-,35-,36+,37?/m1/s1. The van der Waals surface area contributed by atoms with Crippen molar-refractivity contribution < 1.29 is 23.9 Å². The van der Waals surface area contributed by atoms with E-state index in [1.165, 1.54) is 0 Å². The summed E-state index contributed by atoms with van der Waals surface area (Å²) in [6.07, 6.45) is 0. The normalized spacial score (nSPS) is 21.1. The van der Waals surface area contributed by atoms with E-state index in [2.05, 4.69) is 0 Å². The topological polar surface area (TPSA) is 69.7 Å². The average Bonchev–Trinajstić information content (AvgIpc) is 3.11. The van der Waals surface area contributed by atoms with Gasteiger partial charge in [0.1, 0.15) is 11.5 Å². The van der Waals surface area contributed by atoms with Crippen LogP contribution < -0.4 is 9.47 Å². The molecule has 45 heavy (non-hydrogen) atoms. The first-order valence-electron chi connectivity index (χ1n) is 15.1. The third kappa shape index (κ3) is 5.82. The Kier molecular flexibility index (Phi) is 8.70. The molecular formula is C40H34O5. The predicted octanol–water partition coefficient (Wildman–Crippen LogP) is 7.94. The molecule has 0 aromatic heterocycles. The molecule has 0 heterocycles. The molecular weight excluding hydrogens is 560 g/mol. The third-order valence-corrected chi connectivity index (χ3v) is 8.97. The number of methoxy groups -OCH3 is 2. The molecule has 5 nitrogen and oxygen atoms in total. The van der Waals surface area contributed by atoms with Crippen molar-refractivity contribution in [2.75, 3.05) is 14.2 Å². The van der Waals surface area contributed by atoms with Crippen LogP contribution in [0.2, 0.25) is 0 Å². The molecule has 1 fully saturated rings. The molecule has 1 aliphatic carbocycles. The molecule has 5 aromatic carbocycles. The summed E-state index contributed by atoms with van der Waals surface area (Å²) < 4.78 is 10.9. The monoisotopic (exact) mass is 594 g/mol. The summed E-state index contributed by atoms with van der Waals surface area (Å²) in [6, 6.07) is 42.6. The van der Waals surface area contributed by atoms with Gasteiger partial charge in [-0.1, -0.05) is 115 Å². The van der Waals surface area contributed by atoms with Gasteiger partial charge in [-0.3, -0.25) is 14.4 Å². The van der Waals surface area contributed by atoms with E-state index in [1.54, 1.807) is 50.6 Å². The minimum atomic E-state index is -1.10. The van der Waals surface area contributed by atoms with E-state index in [1.807, 2.05) is 103 Å². The average molecular weight is 595 g/mol. The fourth-order valence-electron chi connectivity index (χ4n) is 6.86. The molecule has 0 radical (unpaired) electrons. The van der Waals surface area contributed by atoms with Gasteiger partial charge in [0, 0.05) is 28.9 Å².